The average molecular weight is 550 g/mol. The molecular weight excluding hydrogens is 515 g/mol. The Morgan fingerprint density at radius 2 is 1.84 bits per heavy atom. The van der Waals surface area contributed by atoms with Gasteiger partial charge < -0.3 is 20.7 Å². The zero-order valence-corrected chi connectivity index (χ0v) is 21.6. The number of amides is 1. The molecule has 3 rings (SSSR count). The summed E-state index contributed by atoms with van der Waals surface area (Å²) >= 11 is 0. The normalized spacial score (nSPS) is 15.4. The monoisotopic (exact) mass is 550 g/mol. The van der Waals surface area contributed by atoms with Crippen LogP contribution in [0.25, 0.3) is 0 Å². The van der Waals surface area contributed by atoms with Crippen molar-refractivity contribution in [3.8, 4) is 0 Å². The first-order chi connectivity index (χ1) is 15.1. The lowest BCUT2D eigenvalue weighted by Crippen LogP contribution is -2.48. The van der Waals surface area contributed by atoms with Crippen molar-refractivity contribution in [2.75, 3.05) is 40.4 Å². The summed E-state index contributed by atoms with van der Waals surface area (Å²) in [7, 11) is 3.44. The number of nitrogens with one attached hydrogen (secondary N) is 3. The topological polar surface area (TPSA) is 74.8 Å². The number of halogens is 1. The lowest BCUT2D eigenvalue weighted by Gasteiger charge is -2.39. The molecule has 6 nitrogen and oxygen atoms in total. The van der Waals surface area contributed by atoms with E-state index in [2.05, 4.69) is 52.1 Å². The molecule has 1 fully saturated rings. The van der Waals surface area contributed by atoms with Crippen LogP contribution in [0.4, 0.5) is 0 Å². The zero-order chi connectivity index (χ0) is 22.1. The molecule has 32 heavy (non-hydrogen) atoms. The third-order valence-electron chi connectivity index (χ3n) is 6.11. The fourth-order valence-corrected chi connectivity index (χ4v) is 4.28. The molecule has 3 N–H and O–H groups in total. The van der Waals surface area contributed by atoms with Crippen LogP contribution in [0.5, 0.6) is 0 Å². The van der Waals surface area contributed by atoms with Crippen LogP contribution in [-0.4, -0.2) is 52.3 Å². The molecule has 1 amide bonds. The molecule has 1 heterocycles. The van der Waals surface area contributed by atoms with E-state index in [1.807, 2.05) is 24.3 Å². The van der Waals surface area contributed by atoms with E-state index < -0.39 is 0 Å². The van der Waals surface area contributed by atoms with Gasteiger partial charge in [-0.25, -0.2) is 0 Å². The molecule has 0 spiro atoms. The summed E-state index contributed by atoms with van der Waals surface area (Å²) in [6.07, 6.45) is 2.80. The summed E-state index contributed by atoms with van der Waals surface area (Å²) in [5.41, 5.74) is 4.56. The number of aliphatic imine (C=N–C) groups is 1. The highest BCUT2D eigenvalue weighted by Crippen LogP contribution is 2.36. The summed E-state index contributed by atoms with van der Waals surface area (Å²) in [6, 6.07) is 16.4. The predicted octanol–water partition coefficient (Wildman–Crippen LogP) is 3.43. The number of aryl methyl sites for hydroxylation is 1. The van der Waals surface area contributed by atoms with Crippen molar-refractivity contribution in [2.24, 2.45) is 4.99 Å². The lowest BCUT2D eigenvalue weighted by atomic mass is 9.72. The molecule has 0 unspecified atom stereocenters. The van der Waals surface area contributed by atoms with Crippen LogP contribution in [0.3, 0.4) is 0 Å². The van der Waals surface area contributed by atoms with Gasteiger partial charge in [-0.1, -0.05) is 36.4 Å². The van der Waals surface area contributed by atoms with E-state index in [-0.39, 0.29) is 35.3 Å². The van der Waals surface area contributed by atoms with Crippen molar-refractivity contribution in [1.29, 1.82) is 0 Å². The smallest absolute Gasteiger partial charge is 0.251 e. The van der Waals surface area contributed by atoms with Crippen LogP contribution in [0.2, 0.25) is 0 Å². The van der Waals surface area contributed by atoms with Gasteiger partial charge in [-0.2, -0.15) is 0 Å². The van der Waals surface area contributed by atoms with Gasteiger partial charge in [-0.3, -0.25) is 9.79 Å². The molecule has 174 valence electrons. The molecule has 0 atom stereocenters. The minimum atomic E-state index is -0.0646. The van der Waals surface area contributed by atoms with Gasteiger partial charge in [0, 0.05) is 51.4 Å². The van der Waals surface area contributed by atoms with Crippen molar-refractivity contribution in [3.05, 3.63) is 70.8 Å². The summed E-state index contributed by atoms with van der Waals surface area (Å²) in [6.45, 7) is 5.30. The number of benzene rings is 2. The molecular formula is C25H35IN4O2. The molecule has 7 heteroatoms. The number of rotatable bonds is 7. The molecule has 0 saturated carbocycles. The fraction of sp³-hybridized carbons (Fsp3) is 0.440. The summed E-state index contributed by atoms with van der Waals surface area (Å²) in [5.74, 6) is 0.729. The highest BCUT2D eigenvalue weighted by molar-refractivity contribution is 14.0. The number of ether oxygens (including phenoxy) is 1. The molecule has 1 aliphatic heterocycles. The van der Waals surface area contributed by atoms with Crippen molar-refractivity contribution in [1.82, 2.24) is 16.0 Å². The third-order valence-corrected chi connectivity index (χ3v) is 6.11. The number of guanidine groups is 1. The van der Waals surface area contributed by atoms with Gasteiger partial charge >= 0.3 is 0 Å². The summed E-state index contributed by atoms with van der Waals surface area (Å²) in [4.78, 5) is 16.2. The summed E-state index contributed by atoms with van der Waals surface area (Å²) < 4.78 is 5.67. The number of carbonyl (C=O) groups is 1. The Kier molecular flexibility index (Phi) is 10.4. The third kappa shape index (κ3) is 6.68. The van der Waals surface area contributed by atoms with E-state index in [0.717, 1.165) is 57.1 Å². The van der Waals surface area contributed by atoms with Gasteiger partial charge in [-0.15, -0.1) is 24.0 Å². The van der Waals surface area contributed by atoms with E-state index in [0.29, 0.717) is 5.56 Å². The maximum absolute atomic E-state index is 11.8. The van der Waals surface area contributed by atoms with E-state index in [4.69, 9.17) is 4.74 Å². The van der Waals surface area contributed by atoms with Crippen molar-refractivity contribution in [3.63, 3.8) is 0 Å². The van der Waals surface area contributed by atoms with Gasteiger partial charge in [0.2, 0.25) is 0 Å². The predicted molar refractivity (Wildman–Crippen MR) is 141 cm³/mol. The van der Waals surface area contributed by atoms with Crippen LogP contribution >= 0.6 is 24.0 Å². The maximum atomic E-state index is 11.8. The number of hydrogen-bond donors (Lipinski definition) is 3. The van der Waals surface area contributed by atoms with Gasteiger partial charge in [0.1, 0.15) is 0 Å². The van der Waals surface area contributed by atoms with E-state index in [9.17, 15) is 4.79 Å². The van der Waals surface area contributed by atoms with Gasteiger partial charge in [-0.05, 0) is 55.0 Å². The van der Waals surface area contributed by atoms with E-state index in [1.54, 1.807) is 14.1 Å². The Morgan fingerprint density at radius 1 is 1.09 bits per heavy atom. The van der Waals surface area contributed by atoms with Gasteiger partial charge in [0.15, 0.2) is 5.96 Å². The second kappa shape index (κ2) is 12.8. The first kappa shape index (κ1) is 26.1. The van der Waals surface area contributed by atoms with E-state index >= 15 is 0 Å². The minimum Gasteiger partial charge on any atom is -0.381 e. The molecule has 0 aromatic heterocycles. The standard InChI is InChI=1S/C25H34N4O2.HI/c1-19-7-4-5-10-22(19)25(12-15-31-16-13-25)18-29-24(27-3)28-14-11-20-8-6-9-21(17-20)23(30)26-2;/h4-10,17H,11-16,18H2,1-3H3,(H,26,30)(H2,27,28,29);1H. The van der Waals surface area contributed by atoms with Gasteiger partial charge in [0.25, 0.3) is 5.91 Å². The Morgan fingerprint density at radius 3 is 2.53 bits per heavy atom. The molecule has 1 saturated heterocycles. The quantitative estimate of drug-likeness (QED) is 0.281. The van der Waals surface area contributed by atoms with Crippen molar-refractivity contribution in [2.45, 2.75) is 31.6 Å². The minimum absolute atomic E-state index is 0. The van der Waals surface area contributed by atoms with Crippen molar-refractivity contribution < 1.29 is 9.53 Å². The van der Waals surface area contributed by atoms with Crippen LogP contribution < -0.4 is 16.0 Å². The molecule has 0 bridgehead atoms. The second-order valence-electron chi connectivity index (χ2n) is 8.09. The lowest BCUT2D eigenvalue weighted by molar-refractivity contribution is 0.0512. The molecule has 2 aromatic carbocycles. The van der Waals surface area contributed by atoms with Crippen LogP contribution in [0, 0.1) is 6.92 Å². The molecule has 1 aliphatic rings. The van der Waals surface area contributed by atoms with Crippen LogP contribution in [0.15, 0.2) is 53.5 Å². The van der Waals surface area contributed by atoms with Crippen LogP contribution in [0.1, 0.15) is 39.9 Å². The van der Waals surface area contributed by atoms with Crippen LogP contribution in [-0.2, 0) is 16.6 Å². The highest BCUT2D eigenvalue weighted by Gasteiger charge is 2.35. The molecule has 0 radical (unpaired) electrons. The largest absolute Gasteiger partial charge is 0.381 e. The highest BCUT2D eigenvalue weighted by atomic mass is 127. The number of carbonyl (C=O) groups excluding carboxylic acids is 1. The zero-order valence-electron chi connectivity index (χ0n) is 19.2. The Hall–Kier alpha value is -2.13. The maximum Gasteiger partial charge on any atom is 0.251 e. The number of hydrogen-bond acceptors (Lipinski definition) is 3. The Balaban J connectivity index is 0.00000363. The van der Waals surface area contributed by atoms with Gasteiger partial charge in [0.05, 0.1) is 0 Å². The first-order valence-electron chi connectivity index (χ1n) is 11.0. The molecule has 0 aliphatic carbocycles. The second-order valence-corrected chi connectivity index (χ2v) is 8.09. The average Bonchev–Trinajstić information content (AvgIpc) is 2.81. The Labute approximate surface area is 208 Å². The first-order valence-corrected chi connectivity index (χ1v) is 11.0. The molecule has 2 aromatic rings. The SMILES string of the molecule is CN=C(NCCc1cccc(C(=O)NC)c1)NCC1(c2ccccc2C)CCOCC1.I. The fourth-order valence-electron chi connectivity index (χ4n) is 4.28. The summed E-state index contributed by atoms with van der Waals surface area (Å²) in [5, 5.41) is 9.63. The van der Waals surface area contributed by atoms with Crippen molar-refractivity contribution >= 4 is 35.8 Å². The Bertz CT molecular complexity index is 910. The van der Waals surface area contributed by atoms with E-state index in [1.165, 1.54) is 11.1 Å². The number of nitrogens with zero attached hydrogens (tertiary/aromatic N) is 1.